The zero-order chi connectivity index (χ0) is 18.4. The molecule has 0 aromatic heterocycles. The zero-order valence-electron chi connectivity index (χ0n) is 13.9. The number of anilines is 1. The number of nitrogens with zero attached hydrogens (tertiary/aromatic N) is 3. The smallest absolute Gasteiger partial charge is 0.357 e. The van der Waals surface area contributed by atoms with E-state index in [1.54, 1.807) is 29.2 Å². The number of hydrogen-bond donors (Lipinski definition) is 0. The van der Waals surface area contributed by atoms with Crippen molar-refractivity contribution in [1.82, 2.24) is 4.90 Å². The summed E-state index contributed by atoms with van der Waals surface area (Å²) in [5, 5.41) is 12.0. The number of amides is 2. The second-order valence-corrected chi connectivity index (χ2v) is 5.46. The van der Waals surface area contributed by atoms with E-state index in [0.29, 0.717) is 18.8 Å². The molecule has 8 heteroatoms. The molecule has 7 nitrogen and oxygen atoms in total. The van der Waals surface area contributed by atoms with Gasteiger partial charge in [0.15, 0.2) is 5.75 Å². The van der Waals surface area contributed by atoms with Gasteiger partial charge in [0.25, 0.3) is 5.69 Å². The van der Waals surface area contributed by atoms with Gasteiger partial charge in [0, 0.05) is 25.2 Å². The topological polar surface area (TPSA) is 75.9 Å². The van der Waals surface area contributed by atoms with Gasteiger partial charge in [-0.2, -0.15) is 0 Å². The van der Waals surface area contributed by atoms with Crippen molar-refractivity contribution >= 4 is 29.0 Å². The van der Waals surface area contributed by atoms with Crippen LogP contribution in [0, 0.1) is 10.1 Å². The van der Waals surface area contributed by atoms with Gasteiger partial charge in [-0.1, -0.05) is 29.8 Å². The van der Waals surface area contributed by atoms with Crippen LogP contribution in [0.4, 0.5) is 16.2 Å². The summed E-state index contributed by atoms with van der Waals surface area (Å²) in [6.07, 6.45) is 0. The summed E-state index contributed by atoms with van der Waals surface area (Å²) in [5.41, 5.74) is 0.368. The fourth-order valence-electron chi connectivity index (χ4n) is 2.16. The van der Waals surface area contributed by atoms with Gasteiger partial charge >= 0.3 is 6.03 Å². The molecule has 0 aliphatic rings. The van der Waals surface area contributed by atoms with Gasteiger partial charge in [0.2, 0.25) is 0 Å². The van der Waals surface area contributed by atoms with Crippen molar-refractivity contribution in [3.05, 3.63) is 63.7 Å². The minimum Gasteiger partial charge on any atom is -0.369 e. The van der Waals surface area contributed by atoms with Crippen LogP contribution in [0.5, 0.6) is 5.75 Å². The fraction of sp³-hybridized carbons (Fsp3) is 0.235. The Labute approximate surface area is 150 Å². The lowest BCUT2D eigenvalue weighted by Crippen LogP contribution is -2.45. The number of nitro benzene ring substituents is 1. The molecule has 0 radical (unpaired) electrons. The van der Waals surface area contributed by atoms with Gasteiger partial charge in [-0.3, -0.25) is 10.1 Å². The van der Waals surface area contributed by atoms with Gasteiger partial charge in [-0.15, -0.1) is 5.06 Å². The van der Waals surface area contributed by atoms with E-state index >= 15 is 0 Å². The second-order valence-electron chi connectivity index (χ2n) is 5.05. The Bertz CT molecular complexity index is 751. The number of para-hydroxylation sites is 1. The summed E-state index contributed by atoms with van der Waals surface area (Å²) in [6.45, 7) is 4.75. The Balaban J connectivity index is 2.37. The van der Waals surface area contributed by atoms with Crippen LogP contribution in [0.25, 0.3) is 0 Å². The molecule has 0 aliphatic carbocycles. The molecule has 0 atom stereocenters. The number of carbonyl (C=O) groups is 1. The monoisotopic (exact) mass is 363 g/mol. The Morgan fingerprint density at radius 2 is 1.80 bits per heavy atom. The van der Waals surface area contributed by atoms with Gasteiger partial charge < -0.3 is 9.74 Å². The standard InChI is InChI=1S/C17H18ClN3O4/c1-3-19(4-2)17(22)20(13-8-6-5-7-9-13)25-16-11-10-14(21(23)24)12-15(16)18/h5-12H,3-4H2,1-2H3. The maximum Gasteiger partial charge on any atom is 0.357 e. The number of rotatable bonds is 6. The molecule has 0 N–H and O–H groups in total. The van der Waals surface area contributed by atoms with Crippen LogP contribution in [0.15, 0.2) is 48.5 Å². The highest BCUT2D eigenvalue weighted by Gasteiger charge is 2.24. The van der Waals surface area contributed by atoms with E-state index in [9.17, 15) is 14.9 Å². The number of non-ortho nitro benzene ring substituents is 1. The van der Waals surface area contributed by atoms with E-state index in [-0.39, 0.29) is 22.5 Å². The van der Waals surface area contributed by atoms with Crippen LogP contribution < -0.4 is 9.90 Å². The zero-order valence-corrected chi connectivity index (χ0v) is 14.6. The predicted molar refractivity (Wildman–Crippen MR) is 96.0 cm³/mol. The van der Waals surface area contributed by atoms with Crippen LogP contribution in [0.3, 0.4) is 0 Å². The maximum absolute atomic E-state index is 12.8. The summed E-state index contributed by atoms with van der Waals surface area (Å²) in [5.74, 6) is 0.150. The predicted octanol–water partition coefficient (Wildman–Crippen LogP) is 4.51. The van der Waals surface area contributed by atoms with E-state index in [1.165, 1.54) is 18.2 Å². The van der Waals surface area contributed by atoms with Gasteiger partial charge in [0.1, 0.15) is 0 Å². The molecule has 2 aromatic rings. The van der Waals surface area contributed by atoms with E-state index in [0.717, 1.165) is 5.06 Å². The molecule has 0 unspecified atom stereocenters. The summed E-state index contributed by atoms with van der Waals surface area (Å²) in [7, 11) is 0. The molecule has 0 aliphatic heterocycles. The molecule has 25 heavy (non-hydrogen) atoms. The summed E-state index contributed by atoms with van der Waals surface area (Å²) >= 11 is 6.08. The third-order valence-electron chi connectivity index (χ3n) is 3.51. The number of carbonyl (C=O) groups excluding carboxylic acids is 1. The lowest BCUT2D eigenvalue weighted by atomic mass is 10.3. The Morgan fingerprint density at radius 3 is 2.32 bits per heavy atom. The minimum absolute atomic E-state index is 0.0440. The van der Waals surface area contributed by atoms with E-state index < -0.39 is 4.92 Å². The summed E-state index contributed by atoms with van der Waals surface area (Å²) in [6, 6.07) is 12.3. The van der Waals surface area contributed by atoms with Crippen molar-refractivity contribution < 1.29 is 14.6 Å². The second kappa shape index (κ2) is 8.34. The minimum atomic E-state index is -0.550. The number of benzene rings is 2. The number of urea groups is 1. The van der Waals surface area contributed by atoms with Crippen LogP contribution in [-0.2, 0) is 0 Å². The molecule has 2 amide bonds. The van der Waals surface area contributed by atoms with Crippen LogP contribution in [-0.4, -0.2) is 28.9 Å². The van der Waals surface area contributed by atoms with E-state index in [4.69, 9.17) is 16.4 Å². The Kier molecular flexibility index (Phi) is 6.19. The molecule has 2 rings (SSSR count). The first-order chi connectivity index (χ1) is 12.0. The lowest BCUT2D eigenvalue weighted by molar-refractivity contribution is -0.384. The SMILES string of the molecule is CCN(CC)C(=O)N(Oc1ccc([N+](=O)[O-])cc1Cl)c1ccccc1. The first-order valence-corrected chi connectivity index (χ1v) is 8.11. The highest BCUT2D eigenvalue weighted by atomic mass is 35.5. The third kappa shape index (κ3) is 4.39. The quantitative estimate of drug-likeness (QED) is 0.559. The molecule has 0 spiro atoms. The van der Waals surface area contributed by atoms with Crippen LogP contribution in [0.1, 0.15) is 13.8 Å². The molecule has 0 fully saturated rings. The largest absolute Gasteiger partial charge is 0.369 e. The van der Waals surface area contributed by atoms with Crippen molar-refractivity contribution in [3.8, 4) is 5.75 Å². The van der Waals surface area contributed by atoms with Crippen molar-refractivity contribution in [1.29, 1.82) is 0 Å². The molecule has 0 bridgehead atoms. The van der Waals surface area contributed by atoms with Gasteiger partial charge in [-0.05, 0) is 32.0 Å². The van der Waals surface area contributed by atoms with Crippen molar-refractivity contribution in [2.45, 2.75) is 13.8 Å². The Hall–Kier alpha value is -2.80. The highest BCUT2D eigenvalue weighted by Crippen LogP contribution is 2.30. The molecule has 2 aromatic carbocycles. The molecule has 0 saturated carbocycles. The average molecular weight is 364 g/mol. The molecular weight excluding hydrogens is 346 g/mol. The van der Waals surface area contributed by atoms with Gasteiger partial charge in [-0.25, -0.2) is 4.79 Å². The molecule has 0 saturated heterocycles. The van der Waals surface area contributed by atoms with Crippen LogP contribution >= 0.6 is 11.6 Å². The number of hydroxylamine groups is 1. The molecule has 0 heterocycles. The van der Waals surface area contributed by atoms with Crippen molar-refractivity contribution in [3.63, 3.8) is 0 Å². The number of hydrogen-bond acceptors (Lipinski definition) is 4. The third-order valence-corrected chi connectivity index (χ3v) is 3.81. The van der Waals surface area contributed by atoms with Crippen molar-refractivity contribution in [2.75, 3.05) is 18.2 Å². The molecule has 132 valence electrons. The van der Waals surface area contributed by atoms with Crippen molar-refractivity contribution in [2.24, 2.45) is 0 Å². The first-order valence-electron chi connectivity index (χ1n) is 7.73. The molecular formula is C17H18ClN3O4. The lowest BCUT2D eigenvalue weighted by Gasteiger charge is -2.28. The van der Waals surface area contributed by atoms with E-state index in [2.05, 4.69) is 0 Å². The van der Waals surface area contributed by atoms with Crippen LogP contribution in [0.2, 0.25) is 5.02 Å². The summed E-state index contributed by atoms with van der Waals surface area (Å²) in [4.78, 5) is 30.3. The number of halogens is 1. The Morgan fingerprint density at radius 1 is 1.16 bits per heavy atom. The normalized spacial score (nSPS) is 10.2. The average Bonchev–Trinajstić information content (AvgIpc) is 2.62. The number of nitro groups is 1. The highest BCUT2D eigenvalue weighted by molar-refractivity contribution is 6.32. The summed E-state index contributed by atoms with van der Waals surface area (Å²) < 4.78 is 0. The van der Waals surface area contributed by atoms with E-state index in [1.807, 2.05) is 19.9 Å². The maximum atomic E-state index is 12.8. The first kappa shape index (κ1) is 18.5. The van der Waals surface area contributed by atoms with Gasteiger partial charge in [0.05, 0.1) is 15.6 Å². The fourth-order valence-corrected chi connectivity index (χ4v) is 2.37.